The molecule has 4 heteroatoms. The van der Waals surface area contributed by atoms with Gasteiger partial charge < -0.3 is 4.74 Å². The molecule has 1 saturated carbocycles. The van der Waals surface area contributed by atoms with E-state index >= 15 is 0 Å². The first-order chi connectivity index (χ1) is 11.0. The molecule has 0 bridgehead atoms. The minimum atomic E-state index is -1.18. The quantitative estimate of drug-likeness (QED) is 0.843. The molecule has 126 valence electrons. The van der Waals surface area contributed by atoms with Gasteiger partial charge in [0, 0.05) is 0 Å². The normalized spacial score (nSPS) is 18.6. The molecule has 1 aliphatic carbocycles. The second kappa shape index (κ2) is 8.52. The fraction of sp³-hybridized carbons (Fsp3) is 0.579. The van der Waals surface area contributed by atoms with Gasteiger partial charge in [0.05, 0.1) is 15.7 Å². The second-order valence-corrected chi connectivity index (χ2v) is 8.96. The molecule has 0 radical (unpaired) electrons. The van der Waals surface area contributed by atoms with Crippen molar-refractivity contribution in [3.63, 3.8) is 0 Å². The molecule has 0 amide bonds. The van der Waals surface area contributed by atoms with Crippen LogP contribution in [0.1, 0.15) is 64.5 Å². The van der Waals surface area contributed by atoms with Crippen LogP contribution in [0.5, 0.6) is 0 Å². The molecule has 2 rings (SSSR count). The van der Waals surface area contributed by atoms with Crippen molar-refractivity contribution in [3.8, 4) is 12.0 Å². The van der Waals surface area contributed by atoms with Gasteiger partial charge in [-0.2, -0.15) is 0 Å². The molecule has 0 aliphatic heterocycles. The van der Waals surface area contributed by atoms with Crippen molar-refractivity contribution in [3.05, 3.63) is 35.9 Å². The molecule has 1 fully saturated rings. The maximum Gasteiger partial charge on any atom is 0.112 e. The summed E-state index contributed by atoms with van der Waals surface area (Å²) in [6.45, 7) is 5.85. The van der Waals surface area contributed by atoms with Gasteiger partial charge in [-0.05, 0) is 57.9 Å². The summed E-state index contributed by atoms with van der Waals surface area (Å²) in [6.07, 6.45) is 9.04. The molecule has 1 N–H and O–H groups in total. The molecule has 0 heterocycles. The fourth-order valence-electron chi connectivity index (χ4n) is 2.47. The maximum absolute atomic E-state index is 12.4. The van der Waals surface area contributed by atoms with E-state index < -0.39 is 11.0 Å². The van der Waals surface area contributed by atoms with Gasteiger partial charge in [-0.3, -0.25) is 0 Å². The number of hydrogen-bond acceptors (Lipinski definition) is 2. The maximum atomic E-state index is 12.4. The van der Waals surface area contributed by atoms with Gasteiger partial charge in [0.25, 0.3) is 0 Å². The molecule has 0 aromatic heterocycles. The van der Waals surface area contributed by atoms with E-state index in [1.165, 1.54) is 19.3 Å². The number of ether oxygens (including phenoxy) is 1. The van der Waals surface area contributed by atoms with Crippen molar-refractivity contribution in [2.45, 2.75) is 69.8 Å². The third-order valence-electron chi connectivity index (χ3n) is 3.90. The lowest BCUT2D eigenvalue weighted by atomic mass is 9.98. The summed E-state index contributed by atoms with van der Waals surface area (Å²) >= 11 is 0. The highest BCUT2D eigenvalue weighted by atomic mass is 32.2. The topological polar surface area (TPSA) is 38.3 Å². The Kier molecular flexibility index (Phi) is 6.68. The third-order valence-corrected chi connectivity index (χ3v) is 5.46. The number of rotatable bonds is 4. The average molecular weight is 333 g/mol. The van der Waals surface area contributed by atoms with E-state index in [-0.39, 0.29) is 16.9 Å². The van der Waals surface area contributed by atoms with Crippen molar-refractivity contribution >= 4 is 11.0 Å². The Morgan fingerprint density at radius 2 is 1.83 bits per heavy atom. The zero-order valence-electron chi connectivity index (χ0n) is 14.3. The zero-order valence-corrected chi connectivity index (χ0v) is 15.1. The predicted molar refractivity (Wildman–Crippen MR) is 95.9 cm³/mol. The van der Waals surface area contributed by atoms with E-state index in [0.29, 0.717) is 0 Å². The molecular weight excluding hydrogens is 306 g/mol. The summed E-state index contributed by atoms with van der Waals surface area (Å²) in [4.78, 5) is 0. The van der Waals surface area contributed by atoms with Gasteiger partial charge in [0.15, 0.2) is 0 Å². The van der Waals surface area contributed by atoms with Crippen molar-refractivity contribution < 1.29 is 8.95 Å². The highest BCUT2D eigenvalue weighted by molar-refractivity contribution is 7.84. The Balaban J connectivity index is 2.06. The van der Waals surface area contributed by atoms with Crippen LogP contribution in [0.3, 0.4) is 0 Å². The molecule has 2 atom stereocenters. The summed E-state index contributed by atoms with van der Waals surface area (Å²) in [6, 6.07) is 9.59. The average Bonchev–Trinajstić information content (AvgIpc) is 2.54. The molecular formula is C19H27NO2S. The standard InChI is InChI=1S/C19H27NO2S/c1-19(2,3)23(21)20-18(16-10-6-4-7-11-16)14-15-22-17-12-8-5-9-13-17/h4,6-7,10-11,17-18,20H,5,8-9,12-13H2,1-3H3/t18-,23?/m1/s1. The van der Waals surface area contributed by atoms with Gasteiger partial charge >= 0.3 is 0 Å². The van der Waals surface area contributed by atoms with Crippen LogP contribution in [0.4, 0.5) is 0 Å². The van der Waals surface area contributed by atoms with Crippen LogP contribution >= 0.6 is 0 Å². The molecule has 0 spiro atoms. The van der Waals surface area contributed by atoms with Gasteiger partial charge in [-0.25, -0.2) is 8.93 Å². The fourth-order valence-corrected chi connectivity index (χ4v) is 3.23. The monoisotopic (exact) mass is 333 g/mol. The van der Waals surface area contributed by atoms with E-state index in [4.69, 9.17) is 4.74 Å². The van der Waals surface area contributed by atoms with Crippen LogP contribution in [0.2, 0.25) is 0 Å². The Morgan fingerprint density at radius 1 is 1.17 bits per heavy atom. The highest BCUT2D eigenvalue weighted by Gasteiger charge is 2.23. The van der Waals surface area contributed by atoms with Crippen molar-refractivity contribution in [2.24, 2.45) is 0 Å². The molecule has 1 aromatic rings. The lowest BCUT2D eigenvalue weighted by Gasteiger charge is -2.22. The predicted octanol–water partition coefficient (Wildman–Crippen LogP) is 4.09. The Bertz CT molecular complexity index is 563. The lowest BCUT2D eigenvalue weighted by Crippen LogP contribution is -2.35. The SMILES string of the molecule is CC(C)(C)S(=O)N[C@H](C#COC1CCCCC1)c1ccccc1. The van der Waals surface area contributed by atoms with Gasteiger partial charge in [0.1, 0.15) is 18.3 Å². The Hall–Kier alpha value is -1.31. The van der Waals surface area contributed by atoms with Crippen LogP contribution in [-0.2, 0) is 15.7 Å². The molecule has 1 aromatic carbocycles. The van der Waals surface area contributed by atoms with Crippen molar-refractivity contribution in [1.29, 1.82) is 0 Å². The largest absolute Gasteiger partial charge is 0.443 e. The summed E-state index contributed by atoms with van der Waals surface area (Å²) in [7, 11) is -1.18. The molecule has 3 nitrogen and oxygen atoms in total. The smallest absolute Gasteiger partial charge is 0.112 e. The zero-order chi connectivity index (χ0) is 16.7. The summed E-state index contributed by atoms with van der Waals surface area (Å²) in [5, 5.41) is 0. The molecule has 1 aliphatic rings. The minimum absolute atomic E-state index is 0.251. The van der Waals surface area contributed by atoms with Crippen molar-refractivity contribution in [1.82, 2.24) is 4.72 Å². The van der Waals surface area contributed by atoms with Crippen LogP contribution in [0.15, 0.2) is 30.3 Å². The first kappa shape index (κ1) is 18.0. The summed E-state index contributed by atoms with van der Waals surface area (Å²) in [5.74, 6) is 3.11. The van der Waals surface area contributed by atoms with Crippen molar-refractivity contribution in [2.75, 3.05) is 0 Å². The van der Waals surface area contributed by atoms with Gasteiger partial charge in [-0.1, -0.05) is 36.8 Å². The number of hydrogen-bond donors (Lipinski definition) is 1. The van der Waals surface area contributed by atoms with Crippen LogP contribution in [0, 0.1) is 12.0 Å². The van der Waals surface area contributed by atoms with Gasteiger partial charge in [-0.15, -0.1) is 0 Å². The third kappa shape index (κ3) is 6.01. The minimum Gasteiger partial charge on any atom is -0.443 e. The number of benzene rings is 1. The molecule has 1 unspecified atom stereocenters. The summed E-state index contributed by atoms with van der Waals surface area (Å²) < 4.78 is 20.9. The van der Waals surface area contributed by atoms with E-state index in [1.54, 1.807) is 0 Å². The second-order valence-electron chi connectivity index (χ2n) is 6.97. The highest BCUT2D eigenvalue weighted by Crippen LogP contribution is 2.20. The Morgan fingerprint density at radius 3 is 2.43 bits per heavy atom. The van der Waals surface area contributed by atoms with Gasteiger partial charge in [0.2, 0.25) is 0 Å². The molecule has 23 heavy (non-hydrogen) atoms. The van der Waals surface area contributed by atoms with E-state index in [0.717, 1.165) is 18.4 Å². The first-order valence-electron chi connectivity index (χ1n) is 8.36. The van der Waals surface area contributed by atoms with E-state index in [1.807, 2.05) is 51.1 Å². The van der Waals surface area contributed by atoms with Crippen LogP contribution in [0.25, 0.3) is 0 Å². The van der Waals surface area contributed by atoms with E-state index in [9.17, 15) is 4.21 Å². The first-order valence-corrected chi connectivity index (χ1v) is 9.51. The lowest BCUT2D eigenvalue weighted by molar-refractivity contribution is 0.124. The van der Waals surface area contributed by atoms with Crippen LogP contribution in [-0.4, -0.2) is 15.1 Å². The molecule has 0 saturated heterocycles. The summed E-state index contributed by atoms with van der Waals surface area (Å²) in [5.41, 5.74) is 1.00. The van der Waals surface area contributed by atoms with Crippen LogP contribution < -0.4 is 4.72 Å². The number of nitrogens with one attached hydrogen (secondary N) is 1. The van der Waals surface area contributed by atoms with E-state index in [2.05, 4.69) is 16.7 Å². The Labute approximate surface area is 142 Å².